The Bertz CT molecular complexity index is 401. The number of rotatable bonds is 2. The first-order valence-corrected chi connectivity index (χ1v) is 6.17. The smallest absolute Gasteiger partial charge is 0.323 e. The number of morpholine rings is 1. The molecular weight excluding hydrogens is 273 g/mol. The maximum atomic E-state index is 10.7. The largest absolute Gasteiger partial charge is 0.480 e. The van der Waals surface area contributed by atoms with Crippen LogP contribution in [0.5, 0.6) is 0 Å². The van der Waals surface area contributed by atoms with Crippen LogP contribution in [0.15, 0.2) is 6.07 Å². The minimum absolute atomic E-state index is 0.129. The summed E-state index contributed by atoms with van der Waals surface area (Å²) < 4.78 is 6.64. The van der Waals surface area contributed by atoms with Crippen LogP contribution in [0.4, 0.5) is 0 Å². The number of hydrogen-bond acceptors (Lipinski definition) is 4. The predicted octanol–water partition coefficient (Wildman–Crippen LogP) is 2.17. The van der Waals surface area contributed by atoms with Crippen molar-refractivity contribution in [3.05, 3.63) is 20.3 Å². The normalized spacial score (nSPS) is 25.6. The second-order valence-corrected chi connectivity index (χ2v) is 5.69. The van der Waals surface area contributed by atoms with Gasteiger partial charge in [0.1, 0.15) is 10.4 Å². The van der Waals surface area contributed by atoms with Crippen LogP contribution in [0.25, 0.3) is 0 Å². The van der Waals surface area contributed by atoms with Crippen LogP contribution in [0.2, 0.25) is 8.67 Å². The zero-order valence-corrected chi connectivity index (χ0v) is 10.4. The number of aliphatic carboxylic acids is 1. The number of thiophene rings is 1. The number of carboxylic acid groups (broad SMARTS) is 1. The van der Waals surface area contributed by atoms with Crippen molar-refractivity contribution in [2.24, 2.45) is 0 Å². The molecule has 0 aromatic carbocycles. The highest BCUT2D eigenvalue weighted by Gasteiger charge is 2.28. The van der Waals surface area contributed by atoms with Gasteiger partial charge < -0.3 is 9.84 Å². The molecule has 2 rings (SSSR count). The molecule has 1 saturated heterocycles. The topological polar surface area (TPSA) is 58.6 Å². The fourth-order valence-corrected chi connectivity index (χ4v) is 3.07. The summed E-state index contributed by atoms with van der Waals surface area (Å²) in [6.07, 6.45) is -0.230. The Hall–Kier alpha value is -0.330. The molecule has 0 bridgehead atoms. The third-order valence-corrected chi connectivity index (χ3v) is 3.86. The Labute approximate surface area is 106 Å². The first-order chi connectivity index (χ1) is 7.58. The molecule has 7 heteroatoms. The molecule has 0 amide bonds. The number of ether oxygens (including phenoxy) is 1. The molecule has 2 atom stereocenters. The molecule has 1 fully saturated rings. The van der Waals surface area contributed by atoms with Gasteiger partial charge in [0.15, 0.2) is 0 Å². The van der Waals surface area contributed by atoms with Gasteiger partial charge in [0, 0.05) is 12.1 Å². The molecule has 1 aliphatic heterocycles. The van der Waals surface area contributed by atoms with Gasteiger partial charge in [-0.1, -0.05) is 23.2 Å². The van der Waals surface area contributed by atoms with Crippen LogP contribution in [0.1, 0.15) is 11.7 Å². The van der Waals surface area contributed by atoms with E-state index in [0.29, 0.717) is 15.2 Å². The van der Waals surface area contributed by atoms with E-state index >= 15 is 0 Å². The SMILES string of the molecule is O=C(O)C1COC(c2cc(Cl)sc2Cl)CN1. The first kappa shape index (κ1) is 12.1. The lowest BCUT2D eigenvalue weighted by Crippen LogP contribution is -2.47. The van der Waals surface area contributed by atoms with Crippen LogP contribution >= 0.6 is 34.5 Å². The summed E-state index contributed by atoms with van der Waals surface area (Å²) >= 11 is 13.1. The van der Waals surface area contributed by atoms with Crippen molar-refractivity contribution in [2.75, 3.05) is 13.2 Å². The van der Waals surface area contributed by atoms with E-state index in [0.717, 1.165) is 5.56 Å². The number of halogens is 2. The summed E-state index contributed by atoms with van der Waals surface area (Å²) in [5, 5.41) is 11.6. The zero-order chi connectivity index (χ0) is 11.7. The summed E-state index contributed by atoms with van der Waals surface area (Å²) in [5.74, 6) is -0.909. The second kappa shape index (κ2) is 4.89. The lowest BCUT2D eigenvalue weighted by Gasteiger charge is -2.27. The van der Waals surface area contributed by atoms with Crippen molar-refractivity contribution in [1.82, 2.24) is 5.32 Å². The highest BCUT2D eigenvalue weighted by molar-refractivity contribution is 7.20. The molecular formula is C9H9Cl2NO3S. The molecule has 16 heavy (non-hydrogen) atoms. The predicted molar refractivity (Wildman–Crippen MR) is 62.5 cm³/mol. The monoisotopic (exact) mass is 281 g/mol. The standard InChI is InChI=1S/C9H9Cl2NO3S/c10-7-1-4(8(11)16-7)6-2-12-5(3-15-6)9(13)14/h1,5-6,12H,2-3H2,(H,13,14). The molecule has 1 aliphatic rings. The van der Waals surface area contributed by atoms with Crippen molar-refractivity contribution in [2.45, 2.75) is 12.1 Å². The molecule has 2 unspecified atom stereocenters. The maximum absolute atomic E-state index is 10.7. The number of nitrogens with one attached hydrogen (secondary N) is 1. The van der Waals surface area contributed by atoms with Crippen molar-refractivity contribution in [1.29, 1.82) is 0 Å². The molecule has 0 radical (unpaired) electrons. The lowest BCUT2D eigenvalue weighted by atomic mass is 10.1. The van der Waals surface area contributed by atoms with Crippen LogP contribution in [-0.2, 0) is 9.53 Å². The third-order valence-electron chi connectivity index (χ3n) is 2.34. The van der Waals surface area contributed by atoms with Crippen LogP contribution < -0.4 is 5.32 Å². The summed E-state index contributed by atoms with van der Waals surface area (Å²) in [6.45, 7) is 0.549. The minimum atomic E-state index is -0.909. The van der Waals surface area contributed by atoms with Gasteiger partial charge in [-0.2, -0.15) is 0 Å². The van der Waals surface area contributed by atoms with Gasteiger partial charge >= 0.3 is 5.97 Å². The Morgan fingerprint density at radius 1 is 1.62 bits per heavy atom. The van der Waals surface area contributed by atoms with Crippen LogP contribution in [-0.4, -0.2) is 30.3 Å². The fraction of sp³-hybridized carbons (Fsp3) is 0.444. The van der Waals surface area contributed by atoms with Gasteiger partial charge in [-0.3, -0.25) is 10.1 Å². The average Bonchev–Trinajstić information content (AvgIpc) is 2.58. The zero-order valence-electron chi connectivity index (χ0n) is 8.07. The molecule has 4 nitrogen and oxygen atoms in total. The number of carbonyl (C=O) groups is 1. The number of carboxylic acids is 1. The van der Waals surface area contributed by atoms with E-state index in [1.807, 2.05) is 0 Å². The van der Waals surface area contributed by atoms with E-state index in [1.165, 1.54) is 11.3 Å². The highest BCUT2D eigenvalue weighted by atomic mass is 35.5. The average molecular weight is 282 g/mol. The minimum Gasteiger partial charge on any atom is -0.480 e. The van der Waals surface area contributed by atoms with Gasteiger partial charge in [0.05, 0.1) is 17.0 Å². The van der Waals surface area contributed by atoms with Gasteiger partial charge in [0.2, 0.25) is 0 Å². The first-order valence-electron chi connectivity index (χ1n) is 4.60. The summed E-state index contributed by atoms with van der Waals surface area (Å²) in [7, 11) is 0. The molecule has 0 spiro atoms. The summed E-state index contributed by atoms with van der Waals surface area (Å²) in [5.41, 5.74) is 0.813. The Balaban J connectivity index is 2.04. The van der Waals surface area contributed by atoms with Gasteiger partial charge in [-0.15, -0.1) is 11.3 Å². The van der Waals surface area contributed by atoms with Crippen LogP contribution in [0.3, 0.4) is 0 Å². The van der Waals surface area contributed by atoms with Crippen molar-refractivity contribution < 1.29 is 14.6 Å². The molecule has 2 N–H and O–H groups in total. The van der Waals surface area contributed by atoms with E-state index in [2.05, 4.69) is 5.32 Å². The van der Waals surface area contributed by atoms with Gasteiger partial charge in [0.25, 0.3) is 0 Å². The molecule has 1 aromatic heterocycles. The van der Waals surface area contributed by atoms with Crippen molar-refractivity contribution in [3.8, 4) is 0 Å². The summed E-state index contributed by atoms with van der Waals surface area (Å²) in [6, 6.07) is 1.10. The van der Waals surface area contributed by atoms with Gasteiger partial charge in [-0.05, 0) is 6.07 Å². The van der Waals surface area contributed by atoms with Crippen molar-refractivity contribution in [3.63, 3.8) is 0 Å². The quantitative estimate of drug-likeness (QED) is 0.872. The maximum Gasteiger partial charge on any atom is 0.323 e. The van der Waals surface area contributed by atoms with E-state index in [1.54, 1.807) is 6.07 Å². The van der Waals surface area contributed by atoms with Crippen LogP contribution in [0, 0.1) is 0 Å². The Morgan fingerprint density at radius 3 is 2.81 bits per heavy atom. The number of hydrogen-bond donors (Lipinski definition) is 2. The Kier molecular flexibility index (Phi) is 3.71. The lowest BCUT2D eigenvalue weighted by molar-refractivity contribution is -0.144. The van der Waals surface area contributed by atoms with E-state index < -0.39 is 12.0 Å². The highest BCUT2D eigenvalue weighted by Crippen LogP contribution is 2.36. The van der Waals surface area contributed by atoms with E-state index in [9.17, 15) is 4.79 Å². The third kappa shape index (κ3) is 2.49. The molecule has 2 heterocycles. The van der Waals surface area contributed by atoms with Crippen molar-refractivity contribution >= 4 is 40.5 Å². The van der Waals surface area contributed by atoms with E-state index in [4.69, 9.17) is 33.0 Å². The molecule has 1 aromatic rings. The Morgan fingerprint density at radius 2 is 2.38 bits per heavy atom. The molecule has 88 valence electrons. The summed E-state index contributed by atoms with van der Waals surface area (Å²) in [4.78, 5) is 10.7. The second-order valence-electron chi connectivity index (χ2n) is 3.40. The fourth-order valence-electron chi connectivity index (χ4n) is 1.51. The van der Waals surface area contributed by atoms with Gasteiger partial charge in [-0.25, -0.2) is 0 Å². The molecule has 0 saturated carbocycles. The van der Waals surface area contributed by atoms with E-state index in [-0.39, 0.29) is 12.7 Å². The molecule has 0 aliphatic carbocycles.